The normalized spacial score (nSPS) is 12.3. The van der Waals surface area contributed by atoms with Crippen molar-refractivity contribution >= 4 is 5.65 Å². The molecule has 2 aromatic heterocycles. The standard InChI is InChI=1S/C16H14N2O2/c1-19-11-6-5-10-8-13-15(12(10)9-11)17-16-14(20-2)4-3-7-18(13)16/h3-7,9H,8H2,1-2H3. The highest BCUT2D eigenvalue weighted by atomic mass is 16.5. The van der Waals surface area contributed by atoms with E-state index in [2.05, 4.69) is 16.5 Å². The maximum absolute atomic E-state index is 5.39. The molecule has 0 atom stereocenters. The molecule has 1 aliphatic carbocycles. The van der Waals surface area contributed by atoms with E-state index in [1.807, 2.05) is 24.4 Å². The first kappa shape index (κ1) is 11.3. The molecule has 0 spiro atoms. The van der Waals surface area contributed by atoms with E-state index < -0.39 is 0 Å². The zero-order valence-corrected chi connectivity index (χ0v) is 11.4. The molecular formula is C16H14N2O2. The molecule has 4 rings (SSSR count). The molecule has 0 aliphatic heterocycles. The lowest BCUT2D eigenvalue weighted by atomic mass is 10.1. The Balaban J connectivity index is 2.00. The van der Waals surface area contributed by atoms with Crippen molar-refractivity contribution in [1.29, 1.82) is 0 Å². The van der Waals surface area contributed by atoms with Crippen LogP contribution in [0.5, 0.6) is 11.5 Å². The first-order chi connectivity index (χ1) is 9.81. The molecule has 0 saturated carbocycles. The fraction of sp³-hybridized carbons (Fsp3) is 0.188. The van der Waals surface area contributed by atoms with Gasteiger partial charge in [0.15, 0.2) is 11.4 Å². The highest BCUT2D eigenvalue weighted by Crippen LogP contribution is 2.39. The van der Waals surface area contributed by atoms with Gasteiger partial charge in [0.05, 0.1) is 25.6 Å². The largest absolute Gasteiger partial charge is 0.497 e. The van der Waals surface area contributed by atoms with Crippen LogP contribution in [-0.2, 0) is 6.42 Å². The van der Waals surface area contributed by atoms with Crippen molar-refractivity contribution < 1.29 is 9.47 Å². The monoisotopic (exact) mass is 266 g/mol. The van der Waals surface area contributed by atoms with Crippen LogP contribution in [0.1, 0.15) is 11.3 Å². The molecule has 0 amide bonds. The SMILES string of the molecule is COc1ccc2c(c1)-c1nc3c(OC)cccn3c1C2. The highest BCUT2D eigenvalue weighted by Gasteiger charge is 2.25. The smallest absolute Gasteiger partial charge is 0.180 e. The van der Waals surface area contributed by atoms with Gasteiger partial charge in [0.2, 0.25) is 0 Å². The van der Waals surface area contributed by atoms with E-state index >= 15 is 0 Å². The van der Waals surface area contributed by atoms with Crippen molar-refractivity contribution in [2.24, 2.45) is 0 Å². The van der Waals surface area contributed by atoms with E-state index in [0.29, 0.717) is 0 Å². The second-order valence-corrected chi connectivity index (χ2v) is 4.88. The molecule has 100 valence electrons. The Hall–Kier alpha value is -2.49. The summed E-state index contributed by atoms with van der Waals surface area (Å²) in [6.45, 7) is 0. The van der Waals surface area contributed by atoms with Crippen molar-refractivity contribution in [3.8, 4) is 22.8 Å². The maximum atomic E-state index is 5.39. The van der Waals surface area contributed by atoms with Crippen molar-refractivity contribution in [1.82, 2.24) is 9.38 Å². The van der Waals surface area contributed by atoms with E-state index in [1.54, 1.807) is 14.2 Å². The summed E-state index contributed by atoms with van der Waals surface area (Å²) in [6, 6.07) is 10.1. The van der Waals surface area contributed by atoms with Crippen LogP contribution >= 0.6 is 0 Å². The molecule has 0 fully saturated rings. The molecular weight excluding hydrogens is 252 g/mol. The summed E-state index contributed by atoms with van der Waals surface area (Å²) in [6.07, 6.45) is 2.93. The van der Waals surface area contributed by atoms with Crippen LogP contribution in [-0.4, -0.2) is 23.6 Å². The lowest BCUT2D eigenvalue weighted by molar-refractivity contribution is 0.415. The molecule has 3 aromatic rings. The Morgan fingerprint density at radius 2 is 2.05 bits per heavy atom. The van der Waals surface area contributed by atoms with Gasteiger partial charge in [-0.1, -0.05) is 6.07 Å². The number of methoxy groups -OCH3 is 2. The molecule has 2 heterocycles. The fourth-order valence-corrected chi connectivity index (χ4v) is 2.87. The van der Waals surface area contributed by atoms with E-state index in [0.717, 1.165) is 34.8 Å². The van der Waals surface area contributed by atoms with Gasteiger partial charge in [0, 0.05) is 18.2 Å². The number of pyridine rings is 1. The Morgan fingerprint density at radius 1 is 1.15 bits per heavy atom. The fourth-order valence-electron chi connectivity index (χ4n) is 2.87. The summed E-state index contributed by atoms with van der Waals surface area (Å²) in [5, 5.41) is 0. The summed E-state index contributed by atoms with van der Waals surface area (Å²) in [7, 11) is 3.36. The third kappa shape index (κ3) is 1.39. The van der Waals surface area contributed by atoms with Crippen molar-refractivity contribution in [2.45, 2.75) is 6.42 Å². The molecule has 0 N–H and O–H groups in total. The summed E-state index contributed by atoms with van der Waals surface area (Å²) >= 11 is 0. The van der Waals surface area contributed by atoms with Crippen molar-refractivity contribution in [3.05, 3.63) is 47.8 Å². The van der Waals surface area contributed by atoms with Crippen LogP contribution in [0.15, 0.2) is 36.5 Å². The molecule has 1 aromatic carbocycles. The number of imidazole rings is 1. The van der Waals surface area contributed by atoms with Gasteiger partial charge in [0.1, 0.15) is 5.75 Å². The zero-order chi connectivity index (χ0) is 13.7. The summed E-state index contributed by atoms with van der Waals surface area (Å²) in [4.78, 5) is 4.76. The van der Waals surface area contributed by atoms with Crippen molar-refractivity contribution in [3.63, 3.8) is 0 Å². The third-order valence-corrected chi connectivity index (χ3v) is 3.86. The summed E-state index contributed by atoms with van der Waals surface area (Å²) < 4.78 is 12.8. The van der Waals surface area contributed by atoms with Crippen LogP contribution in [0.25, 0.3) is 16.9 Å². The second-order valence-electron chi connectivity index (χ2n) is 4.88. The molecule has 0 saturated heterocycles. The minimum Gasteiger partial charge on any atom is -0.497 e. The van der Waals surface area contributed by atoms with Crippen LogP contribution in [0.3, 0.4) is 0 Å². The number of hydrogen-bond acceptors (Lipinski definition) is 3. The van der Waals surface area contributed by atoms with Crippen molar-refractivity contribution in [2.75, 3.05) is 14.2 Å². The number of fused-ring (bicyclic) bond motifs is 5. The van der Waals surface area contributed by atoms with Gasteiger partial charge in [-0.05, 0) is 29.8 Å². The number of benzene rings is 1. The average Bonchev–Trinajstić information content (AvgIpc) is 3.02. The van der Waals surface area contributed by atoms with Gasteiger partial charge in [-0.25, -0.2) is 4.98 Å². The second kappa shape index (κ2) is 4.00. The Bertz CT molecular complexity index is 821. The molecule has 20 heavy (non-hydrogen) atoms. The van der Waals surface area contributed by atoms with E-state index in [9.17, 15) is 0 Å². The summed E-state index contributed by atoms with van der Waals surface area (Å²) in [5.41, 5.74) is 5.56. The first-order valence-corrected chi connectivity index (χ1v) is 6.53. The van der Waals surface area contributed by atoms with Crippen LogP contribution in [0.2, 0.25) is 0 Å². The quantitative estimate of drug-likeness (QED) is 0.559. The van der Waals surface area contributed by atoms with E-state index in [-0.39, 0.29) is 0 Å². The van der Waals surface area contributed by atoms with Crippen LogP contribution in [0, 0.1) is 0 Å². The molecule has 0 unspecified atom stereocenters. The number of hydrogen-bond donors (Lipinski definition) is 0. The Morgan fingerprint density at radius 3 is 2.85 bits per heavy atom. The molecule has 4 heteroatoms. The molecule has 0 radical (unpaired) electrons. The van der Waals surface area contributed by atoms with Crippen LogP contribution < -0.4 is 9.47 Å². The number of nitrogens with zero attached hydrogens (tertiary/aromatic N) is 2. The lowest BCUT2D eigenvalue weighted by Gasteiger charge is -2.05. The van der Waals surface area contributed by atoms with E-state index in [1.165, 1.54) is 11.3 Å². The lowest BCUT2D eigenvalue weighted by Crippen LogP contribution is -1.94. The molecule has 4 nitrogen and oxygen atoms in total. The van der Waals surface area contributed by atoms with Gasteiger partial charge in [-0.3, -0.25) is 4.40 Å². The van der Waals surface area contributed by atoms with E-state index in [4.69, 9.17) is 14.5 Å². The zero-order valence-electron chi connectivity index (χ0n) is 11.4. The minimum atomic E-state index is 0.798. The number of ether oxygens (including phenoxy) is 2. The van der Waals surface area contributed by atoms with Gasteiger partial charge in [-0.2, -0.15) is 0 Å². The maximum Gasteiger partial charge on any atom is 0.180 e. The Labute approximate surface area is 116 Å². The van der Waals surface area contributed by atoms with Gasteiger partial charge in [0.25, 0.3) is 0 Å². The molecule has 0 bridgehead atoms. The van der Waals surface area contributed by atoms with Crippen LogP contribution in [0.4, 0.5) is 0 Å². The van der Waals surface area contributed by atoms with Gasteiger partial charge in [-0.15, -0.1) is 0 Å². The Kier molecular flexibility index (Phi) is 2.27. The number of aromatic nitrogens is 2. The average molecular weight is 266 g/mol. The predicted molar refractivity (Wildman–Crippen MR) is 76.5 cm³/mol. The highest BCUT2D eigenvalue weighted by molar-refractivity contribution is 5.77. The summed E-state index contributed by atoms with van der Waals surface area (Å²) in [5.74, 6) is 1.66. The van der Waals surface area contributed by atoms with Gasteiger partial charge >= 0.3 is 0 Å². The first-order valence-electron chi connectivity index (χ1n) is 6.53. The topological polar surface area (TPSA) is 35.8 Å². The third-order valence-electron chi connectivity index (χ3n) is 3.86. The van der Waals surface area contributed by atoms with Gasteiger partial charge < -0.3 is 9.47 Å². The predicted octanol–water partition coefficient (Wildman–Crippen LogP) is 2.92. The number of rotatable bonds is 2. The molecule has 1 aliphatic rings. The minimum absolute atomic E-state index is 0.798.